The molecule has 0 saturated heterocycles. The Kier molecular flexibility index (Phi) is 6.76. The molecule has 5 nitrogen and oxygen atoms in total. The smallest absolute Gasteiger partial charge is 0.426 e. The molecular weight excluding hydrogens is 280 g/mol. The molecule has 5 heteroatoms. The molecule has 0 radical (unpaired) electrons. The van der Waals surface area contributed by atoms with E-state index < -0.39 is 11.7 Å². The third kappa shape index (κ3) is 6.52. The first kappa shape index (κ1) is 17.9. The van der Waals surface area contributed by atoms with Gasteiger partial charge in [-0.05, 0) is 57.9 Å². The summed E-state index contributed by atoms with van der Waals surface area (Å²) in [5.41, 5.74) is 3.12. The third-order valence-electron chi connectivity index (χ3n) is 2.80. The van der Waals surface area contributed by atoms with E-state index >= 15 is 0 Å². The molecule has 1 amide bonds. The Labute approximate surface area is 132 Å². The number of benzene rings is 1. The van der Waals surface area contributed by atoms with Crippen LogP contribution < -0.4 is 15.2 Å². The van der Waals surface area contributed by atoms with Crippen LogP contribution in [0.3, 0.4) is 0 Å². The molecular formula is C17H26N2O3. The number of nitrogens with one attached hydrogen (secondary N) is 1. The second kappa shape index (κ2) is 8.32. The first-order chi connectivity index (χ1) is 10.4. The van der Waals surface area contributed by atoms with E-state index in [4.69, 9.17) is 9.47 Å². The standard InChI is InChI=1S/C17H26N2O3/c1-6-7-8-13-19(18-16(20)22-17(2,3)4)14-9-11-15(21-5)12-10-14/h6,9-12H,1,7-8,13H2,2-5H3,(H,18,20). The molecule has 1 rings (SSSR count). The minimum Gasteiger partial charge on any atom is -0.497 e. The molecule has 1 N–H and O–H groups in total. The number of carbonyl (C=O) groups excluding carboxylic acids is 1. The van der Waals surface area contributed by atoms with Crippen molar-refractivity contribution in [2.75, 3.05) is 18.7 Å². The van der Waals surface area contributed by atoms with E-state index in [9.17, 15) is 4.79 Å². The summed E-state index contributed by atoms with van der Waals surface area (Å²) in [6, 6.07) is 7.49. The van der Waals surface area contributed by atoms with Gasteiger partial charge in [0, 0.05) is 6.54 Å². The van der Waals surface area contributed by atoms with Crippen LogP contribution >= 0.6 is 0 Å². The van der Waals surface area contributed by atoms with Crippen LogP contribution in [0, 0.1) is 0 Å². The number of hydrazine groups is 1. The normalized spacial score (nSPS) is 10.7. The maximum Gasteiger partial charge on any atom is 0.426 e. The predicted octanol–water partition coefficient (Wildman–Crippen LogP) is 3.91. The Morgan fingerprint density at radius 3 is 2.45 bits per heavy atom. The lowest BCUT2D eigenvalue weighted by atomic mass is 10.2. The fourth-order valence-corrected chi connectivity index (χ4v) is 1.82. The minimum atomic E-state index is -0.531. The van der Waals surface area contributed by atoms with E-state index in [-0.39, 0.29) is 0 Å². The molecule has 0 aliphatic heterocycles. The molecule has 1 aromatic rings. The van der Waals surface area contributed by atoms with Crippen LogP contribution in [0.15, 0.2) is 36.9 Å². The van der Waals surface area contributed by atoms with Crippen molar-refractivity contribution in [1.82, 2.24) is 5.43 Å². The van der Waals surface area contributed by atoms with Gasteiger partial charge in [0.05, 0.1) is 12.8 Å². The fourth-order valence-electron chi connectivity index (χ4n) is 1.82. The Balaban J connectivity index is 2.77. The molecule has 0 atom stereocenters. The Morgan fingerprint density at radius 1 is 1.32 bits per heavy atom. The number of ether oxygens (including phenoxy) is 2. The highest BCUT2D eigenvalue weighted by atomic mass is 16.6. The van der Waals surface area contributed by atoms with Gasteiger partial charge >= 0.3 is 6.09 Å². The summed E-state index contributed by atoms with van der Waals surface area (Å²) in [6.07, 6.45) is 3.15. The van der Waals surface area contributed by atoms with Gasteiger partial charge < -0.3 is 9.47 Å². The first-order valence-corrected chi connectivity index (χ1v) is 7.38. The summed E-state index contributed by atoms with van der Waals surface area (Å²) in [6.45, 7) is 9.89. The van der Waals surface area contributed by atoms with Gasteiger partial charge in [0.25, 0.3) is 0 Å². The van der Waals surface area contributed by atoms with Crippen molar-refractivity contribution in [3.05, 3.63) is 36.9 Å². The molecule has 0 bridgehead atoms. The number of unbranched alkanes of at least 4 members (excludes halogenated alkanes) is 1. The van der Waals surface area contributed by atoms with Crippen LogP contribution in [-0.2, 0) is 4.74 Å². The highest BCUT2D eigenvalue weighted by Gasteiger charge is 2.18. The monoisotopic (exact) mass is 306 g/mol. The van der Waals surface area contributed by atoms with Crippen LogP contribution in [0.2, 0.25) is 0 Å². The molecule has 0 aliphatic rings. The number of nitrogens with zero attached hydrogens (tertiary/aromatic N) is 1. The second-order valence-electron chi connectivity index (χ2n) is 5.89. The summed E-state index contributed by atoms with van der Waals surface area (Å²) in [4.78, 5) is 12.0. The summed E-state index contributed by atoms with van der Waals surface area (Å²) in [5.74, 6) is 0.770. The quantitative estimate of drug-likeness (QED) is 0.471. The highest BCUT2D eigenvalue weighted by molar-refractivity contribution is 5.70. The molecule has 0 unspecified atom stereocenters. The van der Waals surface area contributed by atoms with Crippen LogP contribution in [0.5, 0.6) is 5.75 Å². The van der Waals surface area contributed by atoms with Crippen molar-refractivity contribution in [3.8, 4) is 5.75 Å². The minimum absolute atomic E-state index is 0.470. The molecule has 0 aliphatic carbocycles. The zero-order valence-electron chi connectivity index (χ0n) is 13.9. The van der Waals surface area contributed by atoms with Gasteiger partial charge in [-0.2, -0.15) is 0 Å². The van der Waals surface area contributed by atoms with E-state index in [0.717, 1.165) is 24.3 Å². The van der Waals surface area contributed by atoms with Crippen LogP contribution in [0.4, 0.5) is 10.5 Å². The number of amides is 1. The predicted molar refractivity (Wildman–Crippen MR) is 89.1 cm³/mol. The average molecular weight is 306 g/mol. The Hall–Kier alpha value is -2.17. The molecule has 22 heavy (non-hydrogen) atoms. The van der Waals surface area contributed by atoms with Crippen molar-refractivity contribution in [1.29, 1.82) is 0 Å². The van der Waals surface area contributed by atoms with Gasteiger partial charge in [-0.25, -0.2) is 10.2 Å². The summed E-state index contributed by atoms with van der Waals surface area (Å²) in [5, 5.41) is 1.77. The number of hydrogen-bond donors (Lipinski definition) is 1. The topological polar surface area (TPSA) is 50.8 Å². The molecule has 0 heterocycles. The lowest BCUT2D eigenvalue weighted by molar-refractivity contribution is 0.0521. The number of methoxy groups -OCH3 is 1. The van der Waals surface area contributed by atoms with Gasteiger partial charge in [-0.3, -0.25) is 5.01 Å². The number of rotatable bonds is 7. The summed E-state index contributed by atoms with van der Waals surface area (Å²) in [7, 11) is 1.62. The SMILES string of the molecule is C=CCCCN(NC(=O)OC(C)(C)C)c1ccc(OC)cc1. The lowest BCUT2D eigenvalue weighted by Crippen LogP contribution is -2.45. The maximum atomic E-state index is 12.0. The number of allylic oxidation sites excluding steroid dienone is 1. The van der Waals surface area contributed by atoms with Crippen LogP contribution in [0.25, 0.3) is 0 Å². The third-order valence-corrected chi connectivity index (χ3v) is 2.80. The zero-order chi connectivity index (χ0) is 16.6. The zero-order valence-corrected chi connectivity index (χ0v) is 13.9. The lowest BCUT2D eigenvalue weighted by Gasteiger charge is -2.27. The van der Waals surface area contributed by atoms with Crippen LogP contribution in [-0.4, -0.2) is 25.3 Å². The molecule has 1 aromatic carbocycles. The van der Waals surface area contributed by atoms with Gasteiger partial charge in [0.2, 0.25) is 0 Å². The molecule has 0 aromatic heterocycles. The maximum absolute atomic E-state index is 12.0. The molecule has 122 valence electrons. The van der Waals surface area contributed by atoms with Gasteiger partial charge in [-0.15, -0.1) is 6.58 Å². The Bertz CT molecular complexity index is 478. The van der Waals surface area contributed by atoms with E-state index in [0.29, 0.717) is 6.54 Å². The van der Waals surface area contributed by atoms with Crippen molar-refractivity contribution in [3.63, 3.8) is 0 Å². The van der Waals surface area contributed by atoms with E-state index in [1.807, 2.05) is 51.1 Å². The molecule has 0 spiro atoms. The fraction of sp³-hybridized carbons (Fsp3) is 0.471. The van der Waals surface area contributed by atoms with Gasteiger partial charge in [0.15, 0.2) is 0 Å². The molecule has 0 saturated carbocycles. The van der Waals surface area contributed by atoms with Gasteiger partial charge in [-0.1, -0.05) is 6.08 Å². The van der Waals surface area contributed by atoms with E-state index in [1.54, 1.807) is 12.1 Å². The second-order valence-corrected chi connectivity index (χ2v) is 5.89. The van der Waals surface area contributed by atoms with Gasteiger partial charge in [0.1, 0.15) is 11.4 Å². The number of anilines is 1. The van der Waals surface area contributed by atoms with Crippen LogP contribution in [0.1, 0.15) is 33.6 Å². The van der Waals surface area contributed by atoms with Crippen molar-refractivity contribution in [2.45, 2.75) is 39.2 Å². The van der Waals surface area contributed by atoms with Crippen molar-refractivity contribution < 1.29 is 14.3 Å². The Morgan fingerprint density at radius 2 is 1.95 bits per heavy atom. The molecule has 0 fully saturated rings. The average Bonchev–Trinajstić information content (AvgIpc) is 2.44. The summed E-state index contributed by atoms with van der Waals surface area (Å²) < 4.78 is 10.5. The number of carbonyl (C=O) groups is 1. The largest absolute Gasteiger partial charge is 0.497 e. The van der Waals surface area contributed by atoms with E-state index in [2.05, 4.69) is 12.0 Å². The highest BCUT2D eigenvalue weighted by Crippen LogP contribution is 2.19. The van der Waals surface area contributed by atoms with Crippen molar-refractivity contribution >= 4 is 11.8 Å². The number of hydrogen-bond acceptors (Lipinski definition) is 4. The van der Waals surface area contributed by atoms with Crippen molar-refractivity contribution in [2.24, 2.45) is 0 Å². The van der Waals surface area contributed by atoms with E-state index in [1.165, 1.54) is 0 Å². The summed E-state index contributed by atoms with van der Waals surface area (Å²) >= 11 is 0. The first-order valence-electron chi connectivity index (χ1n) is 7.38.